The number of hydrogen-bond acceptors (Lipinski definition) is 4. The summed E-state index contributed by atoms with van der Waals surface area (Å²) in [5, 5.41) is 6.92. The predicted molar refractivity (Wildman–Crippen MR) is 129 cm³/mol. The average molecular weight is 411 g/mol. The van der Waals surface area contributed by atoms with E-state index in [0.29, 0.717) is 6.04 Å². The van der Waals surface area contributed by atoms with Crippen LogP contribution in [0, 0.1) is 12.0 Å². The van der Waals surface area contributed by atoms with Gasteiger partial charge in [0.15, 0.2) is 0 Å². The van der Waals surface area contributed by atoms with Crippen LogP contribution in [-0.2, 0) is 6.54 Å². The van der Waals surface area contributed by atoms with E-state index < -0.39 is 0 Å². The van der Waals surface area contributed by atoms with E-state index in [1.807, 2.05) is 30.4 Å². The van der Waals surface area contributed by atoms with Crippen LogP contribution < -0.4 is 15.5 Å². The van der Waals surface area contributed by atoms with Gasteiger partial charge in [-0.2, -0.15) is 0 Å². The van der Waals surface area contributed by atoms with Crippen molar-refractivity contribution in [2.24, 2.45) is 0 Å². The zero-order valence-corrected chi connectivity index (χ0v) is 18.4. The molecule has 158 valence electrons. The highest BCUT2D eigenvalue weighted by Gasteiger charge is 2.19. The molecule has 1 aliphatic carbocycles. The zero-order chi connectivity index (χ0) is 21.5. The molecule has 4 rings (SSSR count). The van der Waals surface area contributed by atoms with Crippen LogP contribution in [-0.4, -0.2) is 37.6 Å². The number of anilines is 1. The predicted octanol–water partition coefficient (Wildman–Crippen LogP) is 3.92. The maximum atomic E-state index is 3.77. The molecule has 1 aromatic carbocycles. The lowest BCUT2D eigenvalue weighted by molar-refractivity contribution is 0.234. The summed E-state index contributed by atoms with van der Waals surface area (Å²) in [6, 6.07) is 10.2. The Kier molecular flexibility index (Phi) is 6.95. The van der Waals surface area contributed by atoms with Crippen molar-refractivity contribution in [1.29, 1.82) is 0 Å². The Morgan fingerprint density at radius 1 is 1.19 bits per heavy atom. The molecule has 0 aromatic heterocycles. The van der Waals surface area contributed by atoms with Gasteiger partial charge in [-0.1, -0.05) is 23.9 Å². The summed E-state index contributed by atoms with van der Waals surface area (Å²) >= 11 is 0. The molecule has 3 aliphatic rings. The zero-order valence-electron chi connectivity index (χ0n) is 18.4. The molecule has 4 heteroatoms. The SMILES string of the molecule is CCN1C(C#CNC2=CC=C=CC=C2)=C=Cc2c(CNC3CCN(C)CC3)cccc21. The van der Waals surface area contributed by atoms with E-state index in [1.165, 1.54) is 42.7 Å². The number of benzene rings is 1. The van der Waals surface area contributed by atoms with Crippen molar-refractivity contribution in [3.63, 3.8) is 0 Å². The van der Waals surface area contributed by atoms with Crippen molar-refractivity contribution in [3.05, 3.63) is 82.6 Å². The second-order valence-corrected chi connectivity index (χ2v) is 8.05. The Morgan fingerprint density at radius 3 is 2.90 bits per heavy atom. The Hall–Kier alpha value is -3.18. The smallest absolute Gasteiger partial charge is 0.138 e. The molecule has 4 nitrogen and oxygen atoms in total. The van der Waals surface area contributed by atoms with Gasteiger partial charge >= 0.3 is 0 Å². The monoisotopic (exact) mass is 410 g/mol. The van der Waals surface area contributed by atoms with Crippen molar-refractivity contribution in [2.45, 2.75) is 32.4 Å². The van der Waals surface area contributed by atoms with Gasteiger partial charge in [0.25, 0.3) is 0 Å². The quantitative estimate of drug-likeness (QED) is 0.438. The Morgan fingerprint density at radius 2 is 2.06 bits per heavy atom. The largest absolute Gasteiger partial charge is 0.328 e. The lowest BCUT2D eigenvalue weighted by atomic mass is 10.00. The van der Waals surface area contributed by atoms with Gasteiger partial charge in [0.05, 0.1) is 5.69 Å². The Balaban J connectivity index is 1.49. The Bertz CT molecular complexity index is 1060. The fourth-order valence-electron chi connectivity index (χ4n) is 4.10. The molecule has 0 unspecified atom stereocenters. The summed E-state index contributed by atoms with van der Waals surface area (Å²) in [6.45, 7) is 6.23. The van der Waals surface area contributed by atoms with Crippen LogP contribution in [0.5, 0.6) is 0 Å². The van der Waals surface area contributed by atoms with Gasteiger partial charge in [-0.05, 0) is 87.8 Å². The minimum atomic E-state index is 0.599. The molecule has 1 saturated heterocycles. The third-order valence-corrected chi connectivity index (χ3v) is 5.92. The second-order valence-electron chi connectivity index (χ2n) is 8.05. The van der Waals surface area contributed by atoms with Crippen molar-refractivity contribution in [2.75, 3.05) is 31.6 Å². The maximum Gasteiger partial charge on any atom is 0.138 e. The van der Waals surface area contributed by atoms with E-state index in [0.717, 1.165) is 24.5 Å². The first-order chi connectivity index (χ1) is 15.2. The number of hydrogen-bond donors (Lipinski definition) is 2. The van der Waals surface area contributed by atoms with Gasteiger partial charge in [0.1, 0.15) is 5.70 Å². The fourth-order valence-corrected chi connectivity index (χ4v) is 4.10. The first kappa shape index (κ1) is 21.1. The lowest BCUT2D eigenvalue weighted by Crippen LogP contribution is -2.40. The highest BCUT2D eigenvalue weighted by atomic mass is 15.1. The topological polar surface area (TPSA) is 30.5 Å². The first-order valence-corrected chi connectivity index (χ1v) is 11.1. The summed E-state index contributed by atoms with van der Waals surface area (Å²) in [6.07, 6.45) is 14.1. The number of nitrogens with zero attached hydrogens (tertiary/aromatic N) is 2. The number of nitrogens with one attached hydrogen (secondary N) is 2. The van der Waals surface area contributed by atoms with E-state index in [-0.39, 0.29) is 0 Å². The molecule has 1 aromatic rings. The van der Waals surface area contributed by atoms with Gasteiger partial charge < -0.3 is 20.4 Å². The van der Waals surface area contributed by atoms with Crippen LogP contribution in [0.4, 0.5) is 5.69 Å². The van der Waals surface area contributed by atoms with Crippen molar-refractivity contribution in [1.82, 2.24) is 15.5 Å². The number of likely N-dealkylation sites (tertiary alicyclic amines) is 1. The molecule has 0 atom stereocenters. The minimum Gasteiger partial charge on any atom is -0.328 e. The van der Waals surface area contributed by atoms with Gasteiger partial charge in [-0.3, -0.25) is 0 Å². The summed E-state index contributed by atoms with van der Waals surface area (Å²) in [4.78, 5) is 4.64. The molecular formula is C27H30N4. The highest BCUT2D eigenvalue weighted by Crippen LogP contribution is 2.31. The van der Waals surface area contributed by atoms with Crippen molar-refractivity contribution < 1.29 is 0 Å². The maximum absolute atomic E-state index is 3.77. The molecule has 31 heavy (non-hydrogen) atoms. The standard InChI is InChI=1S/C27H30N4/c1-3-31-25(15-18-28-23-10-6-4-5-7-11-23)13-14-26-22(9-8-12-27(26)31)21-29-24-16-19-30(2)20-17-24/h4,6-12,14,24,28-29H,3,16-17,19-21H2,1-2H3. The first-order valence-electron chi connectivity index (χ1n) is 11.1. The van der Waals surface area contributed by atoms with E-state index in [2.05, 4.69) is 82.1 Å². The highest BCUT2D eigenvalue weighted by molar-refractivity contribution is 5.77. The van der Waals surface area contributed by atoms with Gasteiger partial charge in [0, 0.05) is 36.4 Å². The number of allylic oxidation sites excluding steroid dienone is 5. The van der Waals surface area contributed by atoms with E-state index >= 15 is 0 Å². The molecule has 2 aliphatic heterocycles. The van der Waals surface area contributed by atoms with Crippen LogP contribution >= 0.6 is 0 Å². The normalized spacial score (nSPS) is 18.1. The number of fused-ring (bicyclic) bond motifs is 1. The third-order valence-electron chi connectivity index (χ3n) is 5.92. The molecule has 0 radical (unpaired) electrons. The van der Waals surface area contributed by atoms with Crippen LogP contribution in [0.1, 0.15) is 30.9 Å². The Labute approximate surface area is 186 Å². The van der Waals surface area contributed by atoms with Crippen LogP contribution in [0.15, 0.2) is 71.4 Å². The molecule has 2 N–H and O–H groups in total. The minimum absolute atomic E-state index is 0.599. The molecule has 0 spiro atoms. The third kappa shape index (κ3) is 5.30. The molecule has 0 amide bonds. The summed E-state index contributed by atoms with van der Waals surface area (Å²) in [5.41, 5.74) is 12.1. The fraction of sp³-hybridized carbons (Fsp3) is 0.333. The molecule has 0 saturated carbocycles. The van der Waals surface area contributed by atoms with Gasteiger partial charge in [-0.25, -0.2) is 0 Å². The van der Waals surface area contributed by atoms with Crippen LogP contribution in [0.25, 0.3) is 6.08 Å². The number of piperidine rings is 1. The van der Waals surface area contributed by atoms with Gasteiger partial charge in [-0.15, -0.1) is 5.73 Å². The summed E-state index contributed by atoms with van der Waals surface area (Å²) < 4.78 is 0. The van der Waals surface area contributed by atoms with E-state index in [4.69, 9.17) is 0 Å². The van der Waals surface area contributed by atoms with Crippen LogP contribution in [0.3, 0.4) is 0 Å². The van der Waals surface area contributed by atoms with Gasteiger partial charge in [0.2, 0.25) is 0 Å². The number of rotatable bonds is 5. The molecule has 0 bridgehead atoms. The van der Waals surface area contributed by atoms with Crippen LogP contribution in [0.2, 0.25) is 0 Å². The van der Waals surface area contributed by atoms with E-state index in [1.54, 1.807) is 0 Å². The van der Waals surface area contributed by atoms with E-state index in [9.17, 15) is 0 Å². The molecular weight excluding hydrogens is 380 g/mol. The summed E-state index contributed by atoms with van der Waals surface area (Å²) in [5.74, 6) is 3.24. The van der Waals surface area contributed by atoms with Crippen molar-refractivity contribution in [3.8, 4) is 12.0 Å². The average Bonchev–Trinajstić information content (AvgIpc) is 3.07. The van der Waals surface area contributed by atoms with Crippen molar-refractivity contribution >= 4 is 11.8 Å². The molecule has 2 heterocycles. The molecule has 1 fully saturated rings. The lowest BCUT2D eigenvalue weighted by Gasteiger charge is -2.30. The summed E-state index contributed by atoms with van der Waals surface area (Å²) in [7, 11) is 2.20. The second kappa shape index (κ2) is 10.2.